The summed E-state index contributed by atoms with van der Waals surface area (Å²) in [4.78, 5) is 40.8. The van der Waals surface area contributed by atoms with Crippen molar-refractivity contribution < 1.29 is 33.0 Å². The van der Waals surface area contributed by atoms with Crippen LogP contribution >= 0.6 is 0 Å². The Kier molecular flexibility index (Phi) is 9.96. The smallest absolute Gasteiger partial charge is 0.336 e. The standard InChI is InChI=1S/C33H35FN2O6/c1-5-42-33(39)31-21(2)36(30(37)19-27(31)24-9-7-11-26(34)18-24)20-23-8-6-10-25(16-23)32(38)35-15-14-22-12-13-28(40-3)29(17-22)41-4/h6-13,16-18,27H,5,14-15,19-20H2,1-4H3,(H,35,38). The van der Waals surface area contributed by atoms with E-state index in [-0.39, 0.29) is 31.4 Å². The van der Waals surface area contributed by atoms with Gasteiger partial charge in [0.15, 0.2) is 11.5 Å². The minimum atomic E-state index is -0.619. The number of hydrogen-bond acceptors (Lipinski definition) is 6. The van der Waals surface area contributed by atoms with Gasteiger partial charge in [-0.2, -0.15) is 0 Å². The quantitative estimate of drug-likeness (QED) is 0.318. The molecule has 1 aliphatic heterocycles. The second-order valence-electron chi connectivity index (χ2n) is 9.91. The van der Waals surface area contributed by atoms with E-state index >= 15 is 0 Å². The molecule has 0 aliphatic carbocycles. The lowest BCUT2D eigenvalue weighted by molar-refractivity contribution is -0.140. The number of nitrogens with one attached hydrogen (secondary N) is 1. The summed E-state index contributed by atoms with van der Waals surface area (Å²) >= 11 is 0. The summed E-state index contributed by atoms with van der Waals surface area (Å²) in [6.45, 7) is 4.15. The van der Waals surface area contributed by atoms with Crippen LogP contribution in [0.15, 0.2) is 78.0 Å². The van der Waals surface area contributed by atoms with E-state index in [1.165, 1.54) is 17.0 Å². The second kappa shape index (κ2) is 13.8. The highest BCUT2D eigenvalue weighted by Crippen LogP contribution is 2.38. The van der Waals surface area contributed by atoms with E-state index in [4.69, 9.17) is 14.2 Å². The maximum absolute atomic E-state index is 14.0. The van der Waals surface area contributed by atoms with Crippen molar-refractivity contribution in [3.63, 3.8) is 0 Å². The van der Waals surface area contributed by atoms with Gasteiger partial charge in [0.25, 0.3) is 5.91 Å². The first-order chi connectivity index (χ1) is 20.2. The van der Waals surface area contributed by atoms with Gasteiger partial charge < -0.3 is 24.4 Å². The zero-order chi connectivity index (χ0) is 30.2. The molecule has 0 radical (unpaired) electrons. The van der Waals surface area contributed by atoms with Crippen LogP contribution in [0, 0.1) is 5.82 Å². The zero-order valence-corrected chi connectivity index (χ0v) is 24.2. The third kappa shape index (κ3) is 6.97. The maximum Gasteiger partial charge on any atom is 0.336 e. The molecule has 0 saturated carbocycles. The molecule has 220 valence electrons. The molecule has 4 rings (SSSR count). The molecule has 0 spiro atoms. The summed E-state index contributed by atoms with van der Waals surface area (Å²) in [7, 11) is 3.15. The number of allylic oxidation sites excluding steroid dienone is 1. The van der Waals surface area contributed by atoms with Crippen LogP contribution in [0.3, 0.4) is 0 Å². The fourth-order valence-electron chi connectivity index (χ4n) is 5.14. The zero-order valence-electron chi connectivity index (χ0n) is 24.2. The summed E-state index contributed by atoms with van der Waals surface area (Å²) in [5.41, 5.74) is 3.48. The summed E-state index contributed by atoms with van der Waals surface area (Å²) in [6.07, 6.45) is 0.590. The van der Waals surface area contributed by atoms with Gasteiger partial charge in [0.05, 0.1) is 32.9 Å². The molecule has 1 heterocycles. The van der Waals surface area contributed by atoms with Gasteiger partial charge in [-0.15, -0.1) is 0 Å². The fraction of sp³-hybridized carbons (Fsp3) is 0.303. The molecule has 1 atom stereocenters. The van der Waals surface area contributed by atoms with Crippen LogP contribution < -0.4 is 14.8 Å². The Bertz CT molecular complexity index is 1500. The van der Waals surface area contributed by atoms with Gasteiger partial charge in [0, 0.05) is 30.1 Å². The van der Waals surface area contributed by atoms with Crippen molar-refractivity contribution in [1.82, 2.24) is 10.2 Å². The van der Waals surface area contributed by atoms with Crippen LogP contribution in [0.2, 0.25) is 0 Å². The molecule has 3 aromatic carbocycles. The first-order valence-corrected chi connectivity index (χ1v) is 13.8. The number of rotatable bonds is 11. The van der Waals surface area contributed by atoms with E-state index in [0.717, 1.165) is 11.1 Å². The summed E-state index contributed by atoms with van der Waals surface area (Å²) in [5, 5.41) is 2.93. The fourth-order valence-corrected chi connectivity index (χ4v) is 5.14. The van der Waals surface area contributed by atoms with Crippen LogP contribution in [0.5, 0.6) is 11.5 Å². The van der Waals surface area contributed by atoms with Crippen molar-refractivity contribution >= 4 is 17.8 Å². The van der Waals surface area contributed by atoms with Gasteiger partial charge in [-0.3, -0.25) is 9.59 Å². The molecule has 1 aliphatic rings. The molecule has 42 heavy (non-hydrogen) atoms. The number of benzene rings is 3. The molecule has 1 unspecified atom stereocenters. The van der Waals surface area contributed by atoms with E-state index in [2.05, 4.69) is 5.32 Å². The molecule has 2 amide bonds. The summed E-state index contributed by atoms with van der Waals surface area (Å²) < 4.78 is 29.9. The van der Waals surface area contributed by atoms with Crippen LogP contribution in [0.25, 0.3) is 0 Å². The molecule has 0 bridgehead atoms. The first-order valence-electron chi connectivity index (χ1n) is 13.8. The molecule has 0 fully saturated rings. The topological polar surface area (TPSA) is 94.2 Å². The lowest BCUT2D eigenvalue weighted by Crippen LogP contribution is -2.38. The van der Waals surface area contributed by atoms with Crippen LogP contribution in [-0.2, 0) is 27.3 Å². The number of carbonyl (C=O) groups is 3. The normalized spacial score (nSPS) is 14.9. The van der Waals surface area contributed by atoms with Crippen molar-refractivity contribution in [3.8, 4) is 11.5 Å². The lowest BCUT2D eigenvalue weighted by atomic mass is 9.83. The van der Waals surface area contributed by atoms with Gasteiger partial charge in [-0.25, -0.2) is 9.18 Å². The predicted molar refractivity (Wildman–Crippen MR) is 156 cm³/mol. The number of hydrogen-bond donors (Lipinski definition) is 1. The minimum absolute atomic E-state index is 0.00867. The Labute approximate surface area is 245 Å². The molecule has 1 N–H and O–H groups in total. The highest BCUT2D eigenvalue weighted by molar-refractivity contribution is 5.96. The highest BCUT2D eigenvalue weighted by Gasteiger charge is 2.37. The summed E-state index contributed by atoms with van der Waals surface area (Å²) in [5.74, 6) is -0.789. The number of esters is 1. The third-order valence-electron chi connectivity index (χ3n) is 7.25. The van der Waals surface area contributed by atoms with Gasteiger partial charge in [-0.1, -0.05) is 30.3 Å². The van der Waals surface area contributed by atoms with Crippen LogP contribution in [0.1, 0.15) is 53.2 Å². The van der Waals surface area contributed by atoms with Crippen LogP contribution in [0.4, 0.5) is 4.39 Å². The maximum atomic E-state index is 14.0. The van der Waals surface area contributed by atoms with Gasteiger partial charge in [0.1, 0.15) is 5.82 Å². The largest absolute Gasteiger partial charge is 0.493 e. The van der Waals surface area contributed by atoms with Gasteiger partial charge in [-0.05, 0) is 73.4 Å². The molecular weight excluding hydrogens is 539 g/mol. The number of ether oxygens (including phenoxy) is 3. The average molecular weight is 575 g/mol. The molecule has 8 nitrogen and oxygen atoms in total. The van der Waals surface area contributed by atoms with E-state index in [9.17, 15) is 18.8 Å². The first kappa shape index (κ1) is 30.3. The van der Waals surface area contributed by atoms with E-state index < -0.39 is 17.7 Å². The highest BCUT2D eigenvalue weighted by atomic mass is 19.1. The molecule has 0 saturated heterocycles. The SMILES string of the molecule is CCOC(=O)C1=C(C)N(Cc2cccc(C(=O)NCCc3ccc(OC)c(OC)c3)c2)C(=O)CC1c1cccc(F)c1. The summed E-state index contributed by atoms with van der Waals surface area (Å²) in [6, 6.07) is 18.6. The molecular formula is C33H35FN2O6. The predicted octanol–water partition coefficient (Wildman–Crippen LogP) is 5.17. The monoisotopic (exact) mass is 574 g/mol. The lowest BCUT2D eigenvalue weighted by Gasteiger charge is -2.34. The number of methoxy groups -OCH3 is 2. The van der Waals surface area contributed by atoms with Gasteiger partial charge >= 0.3 is 5.97 Å². The Hall–Kier alpha value is -4.66. The minimum Gasteiger partial charge on any atom is -0.493 e. The number of carbonyl (C=O) groups excluding carboxylic acids is 3. The van der Waals surface area contributed by atoms with Crippen molar-refractivity contribution in [2.75, 3.05) is 27.4 Å². The number of nitrogens with zero attached hydrogens (tertiary/aromatic N) is 1. The number of halogens is 1. The van der Waals surface area contributed by atoms with Crippen LogP contribution in [-0.4, -0.2) is 50.1 Å². The Morgan fingerprint density at radius 1 is 0.976 bits per heavy atom. The second-order valence-corrected chi connectivity index (χ2v) is 9.91. The number of amides is 2. The third-order valence-corrected chi connectivity index (χ3v) is 7.25. The van der Waals surface area contributed by atoms with Crippen molar-refractivity contribution in [3.05, 3.63) is 106 Å². The molecule has 9 heteroatoms. The Morgan fingerprint density at radius 3 is 2.45 bits per heavy atom. The molecule has 0 aromatic heterocycles. The van der Waals surface area contributed by atoms with E-state index in [0.29, 0.717) is 46.9 Å². The van der Waals surface area contributed by atoms with E-state index in [1.807, 2.05) is 24.3 Å². The Morgan fingerprint density at radius 2 is 1.74 bits per heavy atom. The van der Waals surface area contributed by atoms with Gasteiger partial charge in [0.2, 0.25) is 5.91 Å². The van der Waals surface area contributed by atoms with Crippen molar-refractivity contribution in [2.45, 2.75) is 39.2 Å². The van der Waals surface area contributed by atoms with Crippen molar-refractivity contribution in [1.29, 1.82) is 0 Å². The van der Waals surface area contributed by atoms with E-state index in [1.54, 1.807) is 58.4 Å². The molecule has 3 aromatic rings. The average Bonchev–Trinajstić information content (AvgIpc) is 2.99. The van der Waals surface area contributed by atoms with Crippen molar-refractivity contribution in [2.24, 2.45) is 0 Å². The Balaban J connectivity index is 1.49.